The number of nitrogens with one attached hydrogen (secondary N) is 2. The molecule has 1 amide bonds. The number of carbonyl (C=O) groups excluding carboxylic acids is 1. The van der Waals surface area contributed by atoms with Crippen LogP contribution in [0.3, 0.4) is 0 Å². The number of amides is 1. The number of rotatable bonds is 7. The van der Waals surface area contributed by atoms with Crippen LogP contribution in [0, 0.1) is 5.92 Å². The maximum absolute atomic E-state index is 11.6. The van der Waals surface area contributed by atoms with Crippen molar-refractivity contribution < 1.29 is 4.79 Å². The van der Waals surface area contributed by atoms with Gasteiger partial charge in [0.15, 0.2) is 0 Å². The van der Waals surface area contributed by atoms with Gasteiger partial charge in [-0.3, -0.25) is 4.79 Å². The summed E-state index contributed by atoms with van der Waals surface area (Å²) in [6.45, 7) is 5.76. The van der Waals surface area contributed by atoms with Crippen molar-refractivity contribution >= 4 is 21.8 Å². The first-order chi connectivity index (χ1) is 10.0. The normalized spacial score (nSPS) is 21.1. The Morgan fingerprint density at radius 2 is 2.14 bits per heavy atom. The molecule has 1 fully saturated rings. The first-order valence-corrected chi connectivity index (χ1v) is 8.59. The second-order valence-electron chi connectivity index (χ2n) is 6.32. The smallest absolute Gasteiger partial charge is 0.221 e. The summed E-state index contributed by atoms with van der Waals surface area (Å²) >= 11 is 3.52. The van der Waals surface area contributed by atoms with Crippen molar-refractivity contribution in [3.8, 4) is 0 Å². The van der Waals surface area contributed by atoms with Crippen LogP contribution in [-0.2, 0) is 4.79 Å². The fourth-order valence-electron chi connectivity index (χ4n) is 2.61. The highest BCUT2D eigenvalue weighted by Crippen LogP contribution is 2.37. The van der Waals surface area contributed by atoms with Crippen molar-refractivity contribution in [3.63, 3.8) is 0 Å². The largest absolute Gasteiger partial charge is 0.356 e. The van der Waals surface area contributed by atoms with Gasteiger partial charge < -0.3 is 10.6 Å². The Morgan fingerprint density at radius 1 is 1.38 bits per heavy atom. The molecule has 2 rings (SSSR count). The summed E-state index contributed by atoms with van der Waals surface area (Å²) in [6, 6.07) is 9.13. The Labute approximate surface area is 136 Å². The quantitative estimate of drug-likeness (QED) is 0.788. The van der Waals surface area contributed by atoms with Crippen LogP contribution >= 0.6 is 15.9 Å². The second kappa shape index (κ2) is 7.95. The Hall–Kier alpha value is -0.870. The Kier molecular flexibility index (Phi) is 6.24. The second-order valence-corrected chi connectivity index (χ2v) is 7.24. The van der Waals surface area contributed by atoms with E-state index in [2.05, 4.69) is 64.7 Å². The molecule has 0 aliphatic heterocycles. The molecule has 0 heterocycles. The van der Waals surface area contributed by atoms with Crippen molar-refractivity contribution in [2.75, 3.05) is 13.1 Å². The number of benzene rings is 1. The molecule has 0 bridgehead atoms. The van der Waals surface area contributed by atoms with Crippen molar-refractivity contribution in [1.82, 2.24) is 10.6 Å². The number of carbonyl (C=O) groups is 1. The van der Waals surface area contributed by atoms with Crippen LogP contribution < -0.4 is 10.6 Å². The average molecular weight is 353 g/mol. The molecular formula is C17H25BrN2O. The topological polar surface area (TPSA) is 41.1 Å². The van der Waals surface area contributed by atoms with Gasteiger partial charge >= 0.3 is 0 Å². The minimum absolute atomic E-state index is 0.152. The number of hydrogen-bond acceptors (Lipinski definition) is 2. The Bertz CT molecular complexity index is 470. The van der Waals surface area contributed by atoms with Crippen LogP contribution in [0.1, 0.15) is 44.6 Å². The van der Waals surface area contributed by atoms with Crippen LogP contribution in [0.2, 0.25) is 0 Å². The summed E-state index contributed by atoms with van der Waals surface area (Å²) in [7, 11) is 0. The summed E-state index contributed by atoms with van der Waals surface area (Å²) in [4.78, 5) is 11.6. The van der Waals surface area contributed by atoms with E-state index < -0.39 is 0 Å². The third-order valence-electron chi connectivity index (χ3n) is 3.95. The molecular weight excluding hydrogens is 328 g/mol. The van der Waals surface area contributed by atoms with Crippen LogP contribution in [-0.4, -0.2) is 25.0 Å². The molecule has 0 saturated heterocycles. The summed E-state index contributed by atoms with van der Waals surface area (Å²) in [5.74, 6) is 1.33. The molecule has 0 aromatic heterocycles. The molecule has 0 atom stereocenters. The lowest BCUT2D eigenvalue weighted by molar-refractivity contribution is -0.121. The molecule has 1 aliphatic rings. The van der Waals surface area contributed by atoms with Gasteiger partial charge in [0, 0.05) is 30.0 Å². The maximum Gasteiger partial charge on any atom is 0.221 e. The van der Waals surface area contributed by atoms with E-state index in [1.54, 1.807) is 0 Å². The average Bonchev–Trinajstić information content (AvgIpc) is 2.39. The third kappa shape index (κ3) is 5.44. The zero-order valence-corrected chi connectivity index (χ0v) is 14.4. The van der Waals surface area contributed by atoms with Gasteiger partial charge in [-0.2, -0.15) is 0 Å². The van der Waals surface area contributed by atoms with E-state index in [9.17, 15) is 4.79 Å². The lowest BCUT2D eigenvalue weighted by atomic mass is 9.76. The van der Waals surface area contributed by atoms with Gasteiger partial charge in [0.2, 0.25) is 5.91 Å². The molecule has 0 spiro atoms. The first-order valence-electron chi connectivity index (χ1n) is 7.80. The molecule has 4 heteroatoms. The maximum atomic E-state index is 11.6. The van der Waals surface area contributed by atoms with Crippen molar-refractivity contribution in [2.24, 2.45) is 5.92 Å². The van der Waals surface area contributed by atoms with E-state index in [-0.39, 0.29) is 5.91 Å². The van der Waals surface area contributed by atoms with E-state index in [0.717, 1.165) is 17.6 Å². The Balaban J connectivity index is 1.59. The summed E-state index contributed by atoms with van der Waals surface area (Å²) in [6.07, 6.45) is 2.92. The van der Waals surface area contributed by atoms with Crippen molar-refractivity contribution in [1.29, 1.82) is 0 Å². The van der Waals surface area contributed by atoms with Crippen LogP contribution in [0.4, 0.5) is 0 Å². The monoisotopic (exact) mass is 352 g/mol. The first kappa shape index (κ1) is 16.5. The molecule has 1 aromatic rings. The van der Waals surface area contributed by atoms with Gasteiger partial charge in [-0.25, -0.2) is 0 Å². The predicted octanol–water partition coefficient (Wildman–Crippen LogP) is 3.45. The van der Waals surface area contributed by atoms with Gasteiger partial charge in [-0.1, -0.05) is 41.9 Å². The van der Waals surface area contributed by atoms with E-state index in [1.165, 1.54) is 18.4 Å². The Morgan fingerprint density at radius 3 is 2.81 bits per heavy atom. The van der Waals surface area contributed by atoms with Crippen molar-refractivity contribution in [3.05, 3.63) is 34.3 Å². The lowest BCUT2D eigenvalue weighted by Gasteiger charge is -2.36. The standard InChI is InChI=1S/C17H25BrN2O/c1-12(2)11-20-17(21)6-7-19-16-9-14(10-16)13-4-3-5-15(18)8-13/h3-5,8,12,14,16,19H,6-7,9-11H2,1-2H3,(H,20,21). The minimum atomic E-state index is 0.152. The van der Waals surface area contributed by atoms with Gasteiger partial charge in [0.1, 0.15) is 0 Å². The molecule has 0 radical (unpaired) electrons. The summed E-state index contributed by atoms with van der Waals surface area (Å²) in [5.41, 5.74) is 1.41. The van der Waals surface area contributed by atoms with Crippen LogP contribution in [0.5, 0.6) is 0 Å². The van der Waals surface area contributed by atoms with E-state index in [1.807, 2.05) is 0 Å². The lowest BCUT2D eigenvalue weighted by Crippen LogP contribution is -2.41. The van der Waals surface area contributed by atoms with Gasteiger partial charge in [0.25, 0.3) is 0 Å². The molecule has 3 nitrogen and oxygen atoms in total. The van der Waals surface area contributed by atoms with Gasteiger partial charge in [-0.15, -0.1) is 0 Å². The SMILES string of the molecule is CC(C)CNC(=O)CCNC1CC(c2cccc(Br)c2)C1. The minimum Gasteiger partial charge on any atom is -0.356 e. The van der Waals surface area contributed by atoms with E-state index in [0.29, 0.717) is 24.3 Å². The zero-order valence-electron chi connectivity index (χ0n) is 12.9. The zero-order chi connectivity index (χ0) is 15.2. The summed E-state index contributed by atoms with van der Waals surface area (Å²) < 4.78 is 1.15. The molecule has 116 valence electrons. The number of halogens is 1. The summed E-state index contributed by atoms with van der Waals surface area (Å²) in [5, 5.41) is 6.43. The van der Waals surface area contributed by atoms with Gasteiger partial charge in [0.05, 0.1) is 0 Å². The highest BCUT2D eigenvalue weighted by atomic mass is 79.9. The third-order valence-corrected chi connectivity index (χ3v) is 4.44. The molecule has 1 aromatic carbocycles. The van der Waals surface area contributed by atoms with Crippen LogP contribution in [0.25, 0.3) is 0 Å². The molecule has 21 heavy (non-hydrogen) atoms. The molecule has 0 unspecified atom stereocenters. The van der Waals surface area contributed by atoms with E-state index in [4.69, 9.17) is 0 Å². The molecule has 1 saturated carbocycles. The van der Waals surface area contributed by atoms with Crippen molar-refractivity contribution in [2.45, 2.75) is 45.1 Å². The number of hydrogen-bond donors (Lipinski definition) is 2. The highest BCUT2D eigenvalue weighted by molar-refractivity contribution is 9.10. The molecule has 1 aliphatic carbocycles. The van der Waals surface area contributed by atoms with Crippen LogP contribution in [0.15, 0.2) is 28.7 Å². The highest BCUT2D eigenvalue weighted by Gasteiger charge is 2.29. The molecule has 2 N–H and O–H groups in total. The van der Waals surface area contributed by atoms with E-state index >= 15 is 0 Å². The van der Waals surface area contributed by atoms with Gasteiger partial charge in [-0.05, 0) is 42.4 Å². The predicted molar refractivity (Wildman–Crippen MR) is 90.4 cm³/mol. The fraction of sp³-hybridized carbons (Fsp3) is 0.588. The fourth-order valence-corrected chi connectivity index (χ4v) is 3.03.